The van der Waals surface area contributed by atoms with Crippen molar-refractivity contribution in [3.05, 3.63) is 59.1 Å². The van der Waals surface area contributed by atoms with E-state index in [1.165, 1.54) is 0 Å². The molecular weight excluding hydrogens is 514 g/mol. The molecule has 2 rings (SSSR count). The molecule has 0 spiro atoms. The van der Waals surface area contributed by atoms with Gasteiger partial charge in [-0.3, -0.25) is 19.6 Å². The molecule has 22 heavy (non-hydrogen) atoms. The van der Waals surface area contributed by atoms with E-state index < -0.39 is 18.4 Å². The summed E-state index contributed by atoms with van der Waals surface area (Å²) in [5.74, 6) is -2.62. The van der Waals surface area contributed by atoms with Gasteiger partial charge in [-0.05, 0) is 24.3 Å². The SMILES string of the molecule is Clc1cccnc1.Clc1cccnc1.O=C(O)CC(=O)O.[Pt]. The van der Waals surface area contributed by atoms with Gasteiger partial charge in [0.25, 0.3) is 0 Å². The number of aliphatic carboxylic acids is 2. The van der Waals surface area contributed by atoms with E-state index in [4.69, 9.17) is 33.4 Å². The first-order valence-corrected chi connectivity index (χ1v) is 6.22. The minimum absolute atomic E-state index is 0. The van der Waals surface area contributed by atoms with E-state index in [1.54, 1.807) is 49.1 Å². The van der Waals surface area contributed by atoms with Crippen molar-refractivity contribution in [2.45, 2.75) is 6.42 Å². The van der Waals surface area contributed by atoms with Crippen LogP contribution in [0.3, 0.4) is 0 Å². The number of nitrogens with zero attached hydrogens (tertiary/aromatic N) is 2. The minimum Gasteiger partial charge on any atom is -0.481 e. The summed E-state index contributed by atoms with van der Waals surface area (Å²) in [6, 6.07) is 7.16. The predicted molar refractivity (Wildman–Crippen MR) is 78.4 cm³/mol. The molecule has 122 valence electrons. The Labute approximate surface area is 151 Å². The topological polar surface area (TPSA) is 100 Å². The van der Waals surface area contributed by atoms with Crippen molar-refractivity contribution in [1.29, 1.82) is 0 Å². The first-order valence-electron chi connectivity index (χ1n) is 5.46. The van der Waals surface area contributed by atoms with Crippen LogP contribution in [0.15, 0.2) is 49.1 Å². The second-order valence-corrected chi connectivity index (χ2v) is 4.18. The first kappa shape index (κ1) is 22.8. The van der Waals surface area contributed by atoms with Crippen molar-refractivity contribution >= 4 is 35.1 Å². The molecule has 0 atom stereocenters. The number of aromatic nitrogens is 2. The van der Waals surface area contributed by atoms with E-state index in [0.29, 0.717) is 10.0 Å². The van der Waals surface area contributed by atoms with Crippen LogP contribution in [0.5, 0.6) is 0 Å². The summed E-state index contributed by atoms with van der Waals surface area (Å²) in [6.07, 6.45) is 5.76. The zero-order chi connectivity index (χ0) is 16.1. The number of carbonyl (C=O) groups is 2. The normalized spacial score (nSPS) is 8.09. The monoisotopic (exact) mass is 525 g/mol. The van der Waals surface area contributed by atoms with Crippen molar-refractivity contribution in [1.82, 2.24) is 9.97 Å². The fraction of sp³-hybridized carbons (Fsp3) is 0.0769. The van der Waals surface area contributed by atoms with E-state index in [-0.39, 0.29) is 21.1 Å². The summed E-state index contributed by atoms with van der Waals surface area (Å²) in [5.41, 5.74) is 0. The zero-order valence-electron chi connectivity index (χ0n) is 11.0. The van der Waals surface area contributed by atoms with E-state index >= 15 is 0 Å². The molecule has 2 heterocycles. The van der Waals surface area contributed by atoms with Crippen LogP contribution in [-0.2, 0) is 30.7 Å². The molecule has 0 fully saturated rings. The van der Waals surface area contributed by atoms with Crippen LogP contribution in [0.1, 0.15) is 6.42 Å². The number of halogens is 2. The fourth-order valence-electron chi connectivity index (χ4n) is 0.813. The van der Waals surface area contributed by atoms with Gasteiger partial charge >= 0.3 is 11.9 Å². The molecule has 0 radical (unpaired) electrons. The number of hydrogen-bond donors (Lipinski definition) is 2. The first-order chi connectivity index (χ1) is 9.91. The van der Waals surface area contributed by atoms with Gasteiger partial charge in [0.05, 0.1) is 10.0 Å². The maximum absolute atomic E-state index is 9.43. The number of carboxylic acid groups (broad SMARTS) is 2. The van der Waals surface area contributed by atoms with Crippen LogP contribution in [0.25, 0.3) is 0 Å². The molecule has 0 amide bonds. The van der Waals surface area contributed by atoms with Gasteiger partial charge in [-0.2, -0.15) is 0 Å². The Morgan fingerprint density at radius 1 is 0.909 bits per heavy atom. The Balaban J connectivity index is 0. The largest absolute Gasteiger partial charge is 0.481 e. The van der Waals surface area contributed by atoms with Gasteiger partial charge in [0.15, 0.2) is 0 Å². The van der Waals surface area contributed by atoms with E-state index in [0.717, 1.165) is 0 Å². The summed E-state index contributed by atoms with van der Waals surface area (Å²) >= 11 is 11.0. The van der Waals surface area contributed by atoms with Gasteiger partial charge in [-0.15, -0.1) is 0 Å². The van der Waals surface area contributed by atoms with Crippen LogP contribution < -0.4 is 0 Å². The van der Waals surface area contributed by atoms with Gasteiger partial charge < -0.3 is 10.2 Å². The van der Waals surface area contributed by atoms with Crippen molar-refractivity contribution in [2.75, 3.05) is 0 Å². The standard InChI is InChI=1S/2C5H4ClN.C3H4O4.Pt/c2*6-5-2-1-3-7-4-5;4-2(5)1-3(6)7;/h2*1-4H;1H2,(H,4,5)(H,6,7);. The minimum atomic E-state index is -1.31. The number of carboxylic acids is 2. The molecule has 0 aromatic carbocycles. The van der Waals surface area contributed by atoms with Crippen molar-refractivity contribution in [3.8, 4) is 0 Å². The average molecular weight is 526 g/mol. The molecule has 9 heteroatoms. The van der Waals surface area contributed by atoms with E-state index in [2.05, 4.69) is 9.97 Å². The van der Waals surface area contributed by atoms with Crippen molar-refractivity contribution < 1.29 is 40.9 Å². The number of hydrogen-bond acceptors (Lipinski definition) is 4. The summed E-state index contributed by atoms with van der Waals surface area (Å²) in [6.45, 7) is 0. The molecule has 0 aliphatic carbocycles. The summed E-state index contributed by atoms with van der Waals surface area (Å²) in [5, 5.41) is 16.8. The Morgan fingerprint density at radius 3 is 1.36 bits per heavy atom. The third kappa shape index (κ3) is 16.6. The van der Waals surface area contributed by atoms with Gasteiger partial charge in [0.2, 0.25) is 0 Å². The third-order valence-electron chi connectivity index (χ3n) is 1.55. The second-order valence-electron chi connectivity index (χ2n) is 3.31. The molecule has 0 bridgehead atoms. The van der Waals surface area contributed by atoms with Gasteiger partial charge in [-0.1, -0.05) is 23.2 Å². The third-order valence-corrected chi connectivity index (χ3v) is 2.00. The fourth-order valence-corrected chi connectivity index (χ4v) is 1.07. The molecule has 0 aliphatic rings. The molecule has 2 aromatic rings. The van der Waals surface area contributed by atoms with Crippen LogP contribution in [0, 0.1) is 0 Å². The van der Waals surface area contributed by atoms with Gasteiger partial charge in [0, 0.05) is 45.9 Å². The van der Waals surface area contributed by atoms with Crippen LogP contribution >= 0.6 is 23.2 Å². The Bertz CT molecular complexity index is 495. The molecule has 0 saturated carbocycles. The van der Waals surface area contributed by atoms with E-state index in [1.807, 2.05) is 0 Å². The molecule has 6 nitrogen and oxygen atoms in total. The molecule has 0 saturated heterocycles. The van der Waals surface area contributed by atoms with Gasteiger partial charge in [-0.25, -0.2) is 0 Å². The predicted octanol–water partition coefficient (Wildman–Crippen LogP) is 3.01. The van der Waals surface area contributed by atoms with Crippen LogP contribution in [0.4, 0.5) is 0 Å². The smallest absolute Gasteiger partial charge is 0.314 e. The Morgan fingerprint density at radius 2 is 1.27 bits per heavy atom. The molecule has 2 N–H and O–H groups in total. The second kappa shape index (κ2) is 14.4. The Kier molecular flexibility index (Phi) is 15.0. The number of pyridine rings is 2. The van der Waals surface area contributed by atoms with Crippen molar-refractivity contribution in [2.24, 2.45) is 0 Å². The zero-order valence-corrected chi connectivity index (χ0v) is 14.8. The summed E-state index contributed by atoms with van der Waals surface area (Å²) in [7, 11) is 0. The summed E-state index contributed by atoms with van der Waals surface area (Å²) in [4.78, 5) is 26.4. The van der Waals surface area contributed by atoms with Gasteiger partial charge in [0.1, 0.15) is 6.42 Å². The quantitative estimate of drug-likeness (QED) is 0.584. The van der Waals surface area contributed by atoms with Crippen LogP contribution in [0.2, 0.25) is 10.0 Å². The molecule has 2 aromatic heterocycles. The maximum atomic E-state index is 9.43. The average Bonchev–Trinajstić information content (AvgIpc) is 2.40. The molecule has 0 unspecified atom stereocenters. The molecular formula is C13H12Cl2N2O4Pt. The van der Waals surface area contributed by atoms with E-state index in [9.17, 15) is 9.59 Å². The summed E-state index contributed by atoms with van der Waals surface area (Å²) < 4.78 is 0. The molecule has 0 aliphatic heterocycles. The van der Waals surface area contributed by atoms with Crippen molar-refractivity contribution in [3.63, 3.8) is 0 Å². The Hall–Kier alpha value is -1.49. The maximum Gasteiger partial charge on any atom is 0.314 e. The van der Waals surface area contributed by atoms with Crippen LogP contribution in [-0.4, -0.2) is 32.1 Å². The number of rotatable bonds is 2.